The van der Waals surface area contributed by atoms with E-state index in [4.69, 9.17) is 9.47 Å². The van der Waals surface area contributed by atoms with Gasteiger partial charge in [-0.05, 0) is 54.4 Å². The van der Waals surface area contributed by atoms with Crippen molar-refractivity contribution in [2.75, 3.05) is 18.6 Å². The van der Waals surface area contributed by atoms with Crippen LogP contribution in [0.1, 0.15) is 28.8 Å². The van der Waals surface area contributed by atoms with E-state index >= 15 is 0 Å². The summed E-state index contributed by atoms with van der Waals surface area (Å²) in [6.45, 7) is 0.799. The summed E-state index contributed by atoms with van der Waals surface area (Å²) in [6.07, 6.45) is 2.97. The monoisotopic (exact) mass is 468 g/mol. The van der Waals surface area contributed by atoms with E-state index in [1.807, 2.05) is 24.3 Å². The molecule has 1 aromatic heterocycles. The standard InChI is InChI=1S/C28H24N2O5/c1-34-22-14-12-21(13-15-22)30-17-25(23-5-2-3-6-24(23)27(30)32)28(33)35-18-19-8-10-20(11-9-19)29-16-4-7-26(29)31/h2-3,5-6,8-15,17H,4,7,16,18H2,1H3. The number of methoxy groups -OCH3 is 1. The lowest BCUT2D eigenvalue weighted by Gasteiger charge is -2.16. The first-order chi connectivity index (χ1) is 17.0. The Balaban J connectivity index is 1.41. The van der Waals surface area contributed by atoms with Gasteiger partial charge in [0.25, 0.3) is 5.56 Å². The van der Waals surface area contributed by atoms with E-state index < -0.39 is 5.97 Å². The molecule has 0 unspecified atom stereocenters. The van der Waals surface area contributed by atoms with Crippen LogP contribution in [0.5, 0.6) is 5.75 Å². The molecule has 0 N–H and O–H groups in total. The summed E-state index contributed by atoms with van der Waals surface area (Å²) < 4.78 is 12.3. The van der Waals surface area contributed by atoms with Crippen LogP contribution in [0.25, 0.3) is 16.5 Å². The Hall–Kier alpha value is -4.39. The van der Waals surface area contributed by atoms with E-state index in [9.17, 15) is 14.4 Å². The molecule has 4 aromatic rings. The highest BCUT2D eigenvalue weighted by Gasteiger charge is 2.21. The van der Waals surface area contributed by atoms with Crippen LogP contribution in [0.4, 0.5) is 5.69 Å². The Bertz CT molecular complexity index is 1460. The van der Waals surface area contributed by atoms with E-state index in [-0.39, 0.29) is 18.1 Å². The molecule has 2 heterocycles. The largest absolute Gasteiger partial charge is 0.497 e. The van der Waals surface area contributed by atoms with E-state index in [1.165, 1.54) is 10.8 Å². The van der Waals surface area contributed by atoms with Crippen molar-refractivity contribution in [1.29, 1.82) is 0 Å². The van der Waals surface area contributed by atoms with Gasteiger partial charge in [-0.1, -0.05) is 30.3 Å². The fourth-order valence-electron chi connectivity index (χ4n) is 4.31. The van der Waals surface area contributed by atoms with Crippen molar-refractivity contribution in [2.24, 2.45) is 0 Å². The van der Waals surface area contributed by atoms with Gasteiger partial charge in [0.2, 0.25) is 5.91 Å². The van der Waals surface area contributed by atoms with Crippen molar-refractivity contribution >= 4 is 28.3 Å². The Kier molecular flexibility index (Phi) is 6.06. The van der Waals surface area contributed by atoms with Gasteiger partial charge < -0.3 is 14.4 Å². The van der Waals surface area contributed by atoms with Gasteiger partial charge in [0.15, 0.2) is 0 Å². The molecule has 1 aliphatic heterocycles. The number of carbonyl (C=O) groups excluding carboxylic acids is 2. The Morgan fingerprint density at radius 3 is 2.23 bits per heavy atom. The lowest BCUT2D eigenvalue weighted by atomic mass is 10.1. The van der Waals surface area contributed by atoms with Crippen LogP contribution in [0.2, 0.25) is 0 Å². The van der Waals surface area contributed by atoms with Crippen molar-refractivity contribution in [3.8, 4) is 11.4 Å². The number of ether oxygens (including phenoxy) is 2. The van der Waals surface area contributed by atoms with Crippen molar-refractivity contribution in [2.45, 2.75) is 19.4 Å². The summed E-state index contributed by atoms with van der Waals surface area (Å²) in [5.74, 6) is 0.271. The van der Waals surface area contributed by atoms with Crippen molar-refractivity contribution in [1.82, 2.24) is 4.57 Å². The second-order valence-corrected chi connectivity index (χ2v) is 8.35. The van der Waals surface area contributed by atoms with E-state index in [2.05, 4.69) is 0 Å². The number of aromatic nitrogens is 1. The van der Waals surface area contributed by atoms with Gasteiger partial charge >= 0.3 is 5.97 Å². The molecule has 1 fully saturated rings. The van der Waals surface area contributed by atoms with Crippen LogP contribution >= 0.6 is 0 Å². The SMILES string of the molecule is COc1ccc(-n2cc(C(=O)OCc3ccc(N4CCCC4=O)cc3)c3ccccc3c2=O)cc1. The molecule has 1 aliphatic rings. The van der Waals surface area contributed by atoms with Gasteiger partial charge in [-0.25, -0.2) is 4.79 Å². The minimum absolute atomic E-state index is 0.0725. The summed E-state index contributed by atoms with van der Waals surface area (Å²) in [6, 6.07) is 21.5. The lowest BCUT2D eigenvalue weighted by Crippen LogP contribution is -2.23. The van der Waals surface area contributed by atoms with Gasteiger partial charge in [0.1, 0.15) is 12.4 Å². The summed E-state index contributed by atoms with van der Waals surface area (Å²) in [7, 11) is 1.57. The number of esters is 1. The summed E-state index contributed by atoms with van der Waals surface area (Å²) in [5.41, 5.74) is 2.34. The van der Waals surface area contributed by atoms with Crippen LogP contribution in [-0.4, -0.2) is 30.1 Å². The normalized spacial score (nSPS) is 13.3. The molecule has 0 aliphatic carbocycles. The molecule has 0 saturated carbocycles. The quantitative estimate of drug-likeness (QED) is 0.390. The van der Waals surface area contributed by atoms with Gasteiger partial charge in [-0.15, -0.1) is 0 Å². The number of amides is 1. The number of hydrogen-bond acceptors (Lipinski definition) is 5. The lowest BCUT2D eigenvalue weighted by molar-refractivity contribution is -0.117. The number of fused-ring (bicyclic) bond motifs is 1. The maximum atomic E-state index is 13.2. The third kappa shape index (κ3) is 4.40. The van der Waals surface area contributed by atoms with Gasteiger partial charge in [-0.3, -0.25) is 14.2 Å². The third-order valence-electron chi connectivity index (χ3n) is 6.19. The molecule has 7 nitrogen and oxygen atoms in total. The molecule has 5 rings (SSSR count). The fraction of sp³-hybridized carbons (Fsp3) is 0.179. The smallest absolute Gasteiger partial charge is 0.340 e. The van der Waals surface area contributed by atoms with Crippen LogP contribution < -0.4 is 15.2 Å². The molecule has 0 spiro atoms. The minimum Gasteiger partial charge on any atom is -0.497 e. The predicted octanol–water partition coefficient (Wildman–Crippen LogP) is 4.48. The molecule has 0 radical (unpaired) electrons. The highest BCUT2D eigenvalue weighted by Crippen LogP contribution is 2.23. The zero-order valence-corrected chi connectivity index (χ0v) is 19.3. The Morgan fingerprint density at radius 1 is 0.886 bits per heavy atom. The molecule has 1 amide bonds. The number of pyridine rings is 1. The summed E-state index contributed by atoms with van der Waals surface area (Å²) >= 11 is 0. The number of rotatable bonds is 6. The second kappa shape index (κ2) is 9.46. The molecule has 35 heavy (non-hydrogen) atoms. The van der Waals surface area contributed by atoms with Crippen LogP contribution in [0.3, 0.4) is 0 Å². The Labute approximate surface area is 202 Å². The Morgan fingerprint density at radius 2 is 1.57 bits per heavy atom. The first-order valence-corrected chi connectivity index (χ1v) is 11.4. The molecule has 176 valence electrons. The summed E-state index contributed by atoms with van der Waals surface area (Å²) in [5, 5.41) is 0.965. The number of hydrogen-bond donors (Lipinski definition) is 0. The zero-order valence-electron chi connectivity index (χ0n) is 19.3. The van der Waals surface area contributed by atoms with Crippen LogP contribution in [0, 0.1) is 0 Å². The van der Waals surface area contributed by atoms with Gasteiger partial charge in [0, 0.05) is 41.3 Å². The predicted molar refractivity (Wildman–Crippen MR) is 133 cm³/mol. The highest BCUT2D eigenvalue weighted by atomic mass is 16.5. The average molecular weight is 469 g/mol. The molecule has 0 atom stereocenters. The fourth-order valence-corrected chi connectivity index (χ4v) is 4.31. The molecular formula is C28H24N2O5. The van der Waals surface area contributed by atoms with E-state index in [1.54, 1.807) is 60.5 Å². The molecule has 3 aromatic carbocycles. The van der Waals surface area contributed by atoms with Crippen molar-refractivity contribution in [3.05, 3.63) is 100 Å². The van der Waals surface area contributed by atoms with Crippen molar-refractivity contribution < 1.29 is 19.1 Å². The maximum absolute atomic E-state index is 13.2. The number of carbonyl (C=O) groups is 2. The van der Waals surface area contributed by atoms with Gasteiger partial charge in [0.05, 0.1) is 12.7 Å². The summed E-state index contributed by atoms with van der Waals surface area (Å²) in [4.78, 5) is 40.0. The average Bonchev–Trinajstić information content (AvgIpc) is 3.34. The first kappa shape index (κ1) is 22.4. The first-order valence-electron chi connectivity index (χ1n) is 11.4. The van der Waals surface area contributed by atoms with Crippen LogP contribution in [-0.2, 0) is 16.1 Å². The van der Waals surface area contributed by atoms with E-state index in [0.717, 1.165) is 24.2 Å². The minimum atomic E-state index is -0.526. The number of benzene rings is 3. The third-order valence-corrected chi connectivity index (χ3v) is 6.19. The topological polar surface area (TPSA) is 77.8 Å². The molecular weight excluding hydrogens is 444 g/mol. The van der Waals surface area contributed by atoms with Gasteiger partial charge in [-0.2, -0.15) is 0 Å². The molecule has 0 bridgehead atoms. The van der Waals surface area contributed by atoms with Crippen molar-refractivity contribution in [3.63, 3.8) is 0 Å². The number of anilines is 1. The highest BCUT2D eigenvalue weighted by molar-refractivity contribution is 6.04. The molecule has 1 saturated heterocycles. The van der Waals surface area contributed by atoms with E-state index in [0.29, 0.717) is 34.2 Å². The number of nitrogens with zero attached hydrogens (tertiary/aromatic N) is 2. The van der Waals surface area contributed by atoms with Crippen LogP contribution in [0.15, 0.2) is 83.8 Å². The zero-order chi connectivity index (χ0) is 24.4. The maximum Gasteiger partial charge on any atom is 0.340 e. The second-order valence-electron chi connectivity index (χ2n) is 8.35. The molecule has 7 heteroatoms.